The molecule has 24 heavy (non-hydrogen) atoms. The van der Waals surface area contributed by atoms with Gasteiger partial charge in [-0.15, -0.1) is 0 Å². The van der Waals surface area contributed by atoms with Crippen molar-refractivity contribution >= 4 is 45.0 Å². The van der Waals surface area contributed by atoms with Gasteiger partial charge < -0.3 is 10.4 Å². The fraction of sp³-hybridized carbons (Fsp3) is 0.118. The highest BCUT2D eigenvalue weighted by Gasteiger charge is 2.39. The summed E-state index contributed by atoms with van der Waals surface area (Å²) in [5.74, 6) is -1.51. The van der Waals surface area contributed by atoms with E-state index in [2.05, 4.69) is 21.2 Å². The minimum absolute atomic E-state index is 0.147. The molecular weight excluding hydrogens is 376 g/mol. The van der Waals surface area contributed by atoms with Crippen molar-refractivity contribution in [1.82, 2.24) is 0 Å². The van der Waals surface area contributed by atoms with Gasteiger partial charge in [0.25, 0.3) is 0 Å². The van der Waals surface area contributed by atoms with Crippen LogP contribution in [-0.2, 0) is 4.79 Å². The first-order chi connectivity index (χ1) is 11.4. The Morgan fingerprint density at radius 1 is 1.17 bits per heavy atom. The summed E-state index contributed by atoms with van der Waals surface area (Å²) in [6, 6.07) is 11.2. The number of fused-ring (bicyclic) bond motifs is 1. The number of rotatable bonds is 3. The summed E-state index contributed by atoms with van der Waals surface area (Å²) in [5, 5.41) is 11.9. The Morgan fingerprint density at radius 3 is 2.42 bits per heavy atom. The largest absolute Gasteiger partial charge is 0.478 e. The third-order valence-electron chi connectivity index (χ3n) is 3.76. The molecule has 0 aromatic heterocycles. The summed E-state index contributed by atoms with van der Waals surface area (Å²) in [4.78, 5) is 37.0. The minimum atomic E-state index is -1.03. The number of carboxylic acids is 1. The number of hydrogen-bond acceptors (Lipinski definition) is 4. The topological polar surface area (TPSA) is 86.7 Å². The van der Waals surface area contributed by atoms with Gasteiger partial charge in [0, 0.05) is 22.6 Å². The van der Waals surface area contributed by atoms with E-state index < -0.39 is 12.1 Å². The third kappa shape index (κ3) is 2.78. The fourth-order valence-corrected chi connectivity index (χ4v) is 3.03. The van der Waals surface area contributed by atoms with E-state index in [-0.39, 0.29) is 17.3 Å². The Labute approximate surface area is 146 Å². The van der Waals surface area contributed by atoms with Gasteiger partial charge in [-0.2, -0.15) is 0 Å². The van der Waals surface area contributed by atoms with Crippen LogP contribution in [0, 0.1) is 0 Å². The van der Waals surface area contributed by atoms with E-state index in [9.17, 15) is 14.4 Å². The van der Waals surface area contributed by atoms with Crippen LogP contribution in [0.25, 0.3) is 0 Å². The molecule has 1 amide bonds. The van der Waals surface area contributed by atoms with Crippen LogP contribution >= 0.6 is 15.9 Å². The lowest BCUT2D eigenvalue weighted by molar-refractivity contribution is -0.116. The molecule has 2 aromatic rings. The maximum Gasteiger partial charge on any atom is 0.335 e. The van der Waals surface area contributed by atoms with Crippen molar-refractivity contribution in [2.24, 2.45) is 0 Å². The van der Waals surface area contributed by atoms with Crippen molar-refractivity contribution in [2.45, 2.75) is 13.1 Å². The lowest BCUT2D eigenvalue weighted by atomic mass is 10.1. The lowest BCUT2D eigenvalue weighted by Gasteiger charge is -2.24. The second-order valence-corrected chi connectivity index (χ2v) is 6.26. The van der Waals surface area contributed by atoms with Crippen LogP contribution in [0.2, 0.25) is 0 Å². The van der Waals surface area contributed by atoms with Crippen LogP contribution in [0.4, 0.5) is 11.4 Å². The fourth-order valence-electron chi connectivity index (χ4n) is 2.67. The number of aromatic carboxylic acids is 1. The molecule has 2 N–H and O–H groups in total. The average molecular weight is 389 g/mol. The molecule has 1 unspecified atom stereocenters. The highest BCUT2D eigenvalue weighted by atomic mass is 79.9. The Balaban J connectivity index is 1.94. The SMILES string of the molecule is CC(=O)N1c2ccc(Br)cc2C(=O)C1Nc1ccc(C(=O)O)cc1. The number of carbonyl (C=O) groups is 3. The van der Waals surface area contributed by atoms with Crippen molar-refractivity contribution < 1.29 is 19.5 Å². The number of nitrogens with one attached hydrogen (secondary N) is 1. The second-order valence-electron chi connectivity index (χ2n) is 5.34. The second kappa shape index (κ2) is 6.09. The predicted molar refractivity (Wildman–Crippen MR) is 92.4 cm³/mol. The van der Waals surface area contributed by atoms with Crippen molar-refractivity contribution in [1.29, 1.82) is 0 Å². The summed E-state index contributed by atoms with van der Waals surface area (Å²) in [6.45, 7) is 1.40. The molecule has 3 rings (SSSR count). The van der Waals surface area contributed by atoms with Crippen molar-refractivity contribution in [3.05, 3.63) is 58.1 Å². The molecule has 0 saturated heterocycles. The van der Waals surface area contributed by atoms with E-state index >= 15 is 0 Å². The molecule has 122 valence electrons. The molecule has 0 radical (unpaired) electrons. The van der Waals surface area contributed by atoms with Gasteiger partial charge in [-0.1, -0.05) is 15.9 Å². The molecule has 0 bridgehead atoms. The first-order valence-corrected chi connectivity index (χ1v) is 7.91. The number of nitrogens with zero attached hydrogens (tertiary/aromatic N) is 1. The van der Waals surface area contributed by atoms with Gasteiger partial charge in [-0.05, 0) is 42.5 Å². The number of carboxylic acid groups (broad SMARTS) is 1. The highest BCUT2D eigenvalue weighted by Crippen LogP contribution is 2.34. The standard InChI is InChI=1S/C17H13BrN2O4/c1-9(21)20-14-7-4-11(18)8-13(14)15(22)16(20)19-12-5-2-10(3-6-12)17(23)24/h2-8,16,19H,1H3,(H,23,24). The van der Waals surface area contributed by atoms with E-state index in [0.717, 1.165) is 4.47 Å². The minimum Gasteiger partial charge on any atom is -0.478 e. The molecule has 0 spiro atoms. The van der Waals surface area contributed by atoms with Crippen molar-refractivity contribution in [3.8, 4) is 0 Å². The monoisotopic (exact) mass is 388 g/mol. The zero-order valence-electron chi connectivity index (χ0n) is 12.6. The van der Waals surface area contributed by atoms with E-state index in [0.29, 0.717) is 16.9 Å². The molecule has 1 aliphatic heterocycles. The number of carbonyl (C=O) groups excluding carboxylic acids is 2. The van der Waals surface area contributed by atoms with Crippen LogP contribution in [0.3, 0.4) is 0 Å². The number of anilines is 2. The Bertz CT molecular complexity index is 848. The summed E-state index contributed by atoms with van der Waals surface area (Å²) in [7, 11) is 0. The maximum atomic E-state index is 12.7. The van der Waals surface area contributed by atoms with Gasteiger partial charge in [0.2, 0.25) is 11.7 Å². The van der Waals surface area contributed by atoms with Gasteiger partial charge in [-0.3, -0.25) is 14.5 Å². The summed E-state index contributed by atoms with van der Waals surface area (Å²) >= 11 is 3.33. The van der Waals surface area contributed by atoms with Crippen LogP contribution in [-0.4, -0.2) is 28.9 Å². The van der Waals surface area contributed by atoms with Gasteiger partial charge in [0.05, 0.1) is 11.3 Å². The lowest BCUT2D eigenvalue weighted by Crippen LogP contribution is -2.44. The van der Waals surface area contributed by atoms with Crippen molar-refractivity contribution in [3.63, 3.8) is 0 Å². The number of halogens is 1. The van der Waals surface area contributed by atoms with E-state index in [4.69, 9.17) is 5.11 Å². The molecule has 7 heteroatoms. The molecule has 0 aliphatic carbocycles. The molecule has 1 heterocycles. The number of amides is 1. The van der Waals surface area contributed by atoms with E-state index in [1.807, 2.05) is 0 Å². The number of ketones is 1. The van der Waals surface area contributed by atoms with E-state index in [1.165, 1.54) is 24.0 Å². The first kappa shape index (κ1) is 16.2. The smallest absolute Gasteiger partial charge is 0.335 e. The normalized spacial score (nSPS) is 16.0. The zero-order valence-corrected chi connectivity index (χ0v) is 14.2. The van der Waals surface area contributed by atoms with Crippen LogP contribution in [0.1, 0.15) is 27.6 Å². The quantitative estimate of drug-likeness (QED) is 0.843. The first-order valence-electron chi connectivity index (χ1n) is 7.12. The third-order valence-corrected chi connectivity index (χ3v) is 4.26. The molecular formula is C17H13BrN2O4. The number of hydrogen-bond donors (Lipinski definition) is 2. The Hall–Kier alpha value is -2.67. The molecule has 2 aromatic carbocycles. The van der Waals surface area contributed by atoms with E-state index in [1.54, 1.807) is 30.3 Å². The molecule has 1 aliphatic rings. The average Bonchev–Trinajstić information content (AvgIpc) is 2.80. The van der Waals surface area contributed by atoms with Gasteiger partial charge in [0.1, 0.15) is 0 Å². The van der Waals surface area contributed by atoms with Crippen LogP contribution in [0.15, 0.2) is 46.9 Å². The van der Waals surface area contributed by atoms with Crippen LogP contribution in [0.5, 0.6) is 0 Å². The van der Waals surface area contributed by atoms with Gasteiger partial charge >= 0.3 is 5.97 Å². The molecule has 0 fully saturated rings. The Kier molecular flexibility index (Phi) is 4.11. The van der Waals surface area contributed by atoms with Gasteiger partial charge in [-0.25, -0.2) is 4.79 Å². The molecule has 1 atom stereocenters. The van der Waals surface area contributed by atoms with Crippen LogP contribution < -0.4 is 10.2 Å². The maximum absolute atomic E-state index is 12.7. The summed E-state index contributed by atoms with van der Waals surface area (Å²) < 4.78 is 0.754. The summed E-state index contributed by atoms with van der Waals surface area (Å²) in [6.07, 6.45) is -0.859. The predicted octanol–water partition coefficient (Wildman–Crippen LogP) is 3.13. The molecule has 0 saturated carbocycles. The number of benzene rings is 2. The zero-order chi connectivity index (χ0) is 17.4. The number of Topliss-reactive ketones (excluding diaryl/α,β-unsaturated/α-hetero) is 1. The molecule has 6 nitrogen and oxygen atoms in total. The Morgan fingerprint density at radius 2 is 1.83 bits per heavy atom. The van der Waals surface area contributed by atoms with Crippen molar-refractivity contribution in [2.75, 3.05) is 10.2 Å². The summed E-state index contributed by atoms with van der Waals surface area (Å²) in [5.41, 5.74) is 1.71. The van der Waals surface area contributed by atoms with Gasteiger partial charge in [0.15, 0.2) is 6.17 Å². The highest BCUT2D eigenvalue weighted by molar-refractivity contribution is 9.10.